The van der Waals surface area contributed by atoms with Crippen LogP contribution in [0.2, 0.25) is 0 Å². The number of nitrogens with zero attached hydrogens (tertiary/aromatic N) is 3. The summed E-state index contributed by atoms with van der Waals surface area (Å²) in [7, 11) is 0. The Bertz CT molecular complexity index is 390. The summed E-state index contributed by atoms with van der Waals surface area (Å²) in [4.78, 5) is 10.8. The third-order valence-electron chi connectivity index (χ3n) is 1.73. The highest BCUT2D eigenvalue weighted by atomic mass is 16.4. The monoisotopic (exact) mass is 193 g/mol. The fraction of sp³-hybridized carbons (Fsp3) is 0.222. The summed E-state index contributed by atoms with van der Waals surface area (Å²) in [6, 6.07) is 0. The van der Waals surface area contributed by atoms with Crippen molar-refractivity contribution in [2.75, 3.05) is 0 Å². The highest BCUT2D eigenvalue weighted by Gasteiger charge is 2.12. The smallest absolute Gasteiger partial charge is 0.333 e. The predicted octanol–water partition coefficient (Wildman–Crippen LogP) is 1.17. The third-order valence-corrected chi connectivity index (χ3v) is 1.73. The van der Waals surface area contributed by atoms with Gasteiger partial charge in [0.15, 0.2) is 0 Å². The lowest BCUT2D eigenvalue weighted by atomic mass is 10.1. The Kier molecular flexibility index (Phi) is 2.81. The Morgan fingerprint density at radius 1 is 1.50 bits per heavy atom. The van der Waals surface area contributed by atoms with Crippen molar-refractivity contribution in [1.82, 2.24) is 15.0 Å². The fourth-order valence-electron chi connectivity index (χ4n) is 1.12. The largest absolute Gasteiger partial charge is 0.478 e. The molecule has 14 heavy (non-hydrogen) atoms. The minimum atomic E-state index is -0.987. The summed E-state index contributed by atoms with van der Waals surface area (Å²) in [5.41, 5.74) is 1.30. The molecule has 1 aromatic heterocycles. The van der Waals surface area contributed by atoms with Gasteiger partial charge in [-0.2, -0.15) is 0 Å². The Morgan fingerprint density at radius 2 is 2.14 bits per heavy atom. The molecule has 0 amide bonds. The molecular formula is C9H11N3O2. The van der Waals surface area contributed by atoms with Crippen LogP contribution in [0.25, 0.3) is 5.70 Å². The summed E-state index contributed by atoms with van der Waals surface area (Å²) in [6.07, 6.45) is 3.06. The number of rotatable bonds is 3. The number of allylic oxidation sites excluding steroid dienone is 2. The van der Waals surface area contributed by atoms with Crippen LogP contribution in [-0.4, -0.2) is 26.1 Å². The number of hydrogen-bond donors (Lipinski definition) is 1. The van der Waals surface area contributed by atoms with E-state index in [1.54, 1.807) is 13.1 Å². The van der Waals surface area contributed by atoms with Crippen molar-refractivity contribution in [2.45, 2.75) is 13.8 Å². The van der Waals surface area contributed by atoms with Crippen molar-refractivity contribution >= 4 is 11.7 Å². The summed E-state index contributed by atoms with van der Waals surface area (Å²) in [5.74, 6) is -0.987. The average Bonchev–Trinajstić information content (AvgIpc) is 2.56. The molecule has 0 aliphatic heterocycles. The maximum Gasteiger partial charge on any atom is 0.333 e. The number of carboxylic acid groups (broad SMARTS) is 1. The van der Waals surface area contributed by atoms with Crippen LogP contribution in [0.5, 0.6) is 0 Å². The first-order valence-electron chi connectivity index (χ1n) is 4.00. The van der Waals surface area contributed by atoms with Crippen LogP contribution in [0, 0.1) is 0 Å². The molecule has 0 radical (unpaired) electrons. The molecule has 0 aromatic carbocycles. The van der Waals surface area contributed by atoms with Crippen molar-refractivity contribution in [1.29, 1.82) is 0 Å². The van der Waals surface area contributed by atoms with Crippen molar-refractivity contribution < 1.29 is 9.90 Å². The predicted molar refractivity (Wildman–Crippen MR) is 51.4 cm³/mol. The number of hydrogen-bond acceptors (Lipinski definition) is 3. The van der Waals surface area contributed by atoms with Crippen LogP contribution < -0.4 is 0 Å². The van der Waals surface area contributed by atoms with Crippen molar-refractivity contribution in [3.05, 3.63) is 30.1 Å². The number of aromatic nitrogens is 3. The number of aliphatic carboxylic acids is 1. The average molecular weight is 193 g/mol. The zero-order chi connectivity index (χ0) is 10.7. The van der Waals surface area contributed by atoms with E-state index in [1.165, 1.54) is 17.8 Å². The molecular weight excluding hydrogens is 182 g/mol. The minimum absolute atomic E-state index is 0.197. The van der Waals surface area contributed by atoms with Crippen molar-refractivity contribution in [3.63, 3.8) is 0 Å². The summed E-state index contributed by atoms with van der Waals surface area (Å²) in [6.45, 7) is 6.94. The highest BCUT2D eigenvalue weighted by Crippen LogP contribution is 2.17. The lowest BCUT2D eigenvalue weighted by Gasteiger charge is -2.08. The second-order valence-electron chi connectivity index (χ2n) is 2.91. The van der Waals surface area contributed by atoms with E-state index < -0.39 is 5.97 Å². The first kappa shape index (κ1) is 10.2. The second kappa shape index (κ2) is 3.87. The lowest BCUT2D eigenvalue weighted by Crippen LogP contribution is -2.07. The van der Waals surface area contributed by atoms with Gasteiger partial charge in [-0.25, -0.2) is 9.48 Å². The first-order valence-corrected chi connectivity index (χ1v) is 4.00. The van der Waals surface area contributed by atoms with Gasteiger partial charge in [0.05, 0.1) is 23.7 Å². The van der Waals surface area contributed by atoms with E-state index in [1.807, 2.05) is 0 Å². The van der Waals surface area contributed by atoms with E-state index in [4.69, 9.17) is 5.11 Å². The minimum Gasteiger partial charge on any atom is -0.478 e. The molecule has 0 spiro atoms. The summed E-state index contributed by atoms with van der Waals surface area (Å²) < 4.78 is 1.39. The quantitative estimate of drug-likeness (QED) is 0.578. The van der Waals surface area contributed by atoms with Crippen LogP contribution in [0.15, 0.2) is 30.1 Å². The van der Waals surface area contributed by atoms with Crippen LogP contribution in [0.4, 0.5) is 0 Å². The van der Waals surface area contributed by atoms with E-state index in [2.05, 4.69) is 16.9 Å². The molecule has 0 saturated heterocycles. The summed E-state index contributed by atoms with van der Waals surface area (Å²) >= 11 is 0. The van der Waals surface area contributed by atoms with Gasteiger partial charge in [0, 0.05) is 0 Å². The second-order valence-corrected chi connectivity index (χ2v) is 2.91. The molecule has 74 valence electrons. The van der Waals surface area contributed by atoms with E-state index in [0.29, 0.717) is 11.3 Å². The Balaban J connectivity index is 3.29. The number of carbonyl (C=O) groups is 1. The normalized spacial score (nSPS) is 12.1. The van der Waals surface area contributed by atoms with E-state index in [9.17, 15) is 4.79 Å². The van der Waals surface area contributed by atoms with Gasteiger partial charge in [-0.05, 0) is 19.4 Å². The van der Waals surface area contributed by atoms with Crippen molar-refractivity contribution in [3.8, 4) is 0 Å². The molecule has 0 atom stereocenters. The Labute approximate surface area is 81.4 Å². The first-order chi connectivity index (χ1) is 6.54. The molecule has 0 saturated carbocycles. The van der Waals surface area contributed by atoms with Crippen molar-refractivity contribution in [2.24, 2.45) is 0 Å². The molecule has 0 bridgehead atoms. The van der Waals surface area contributed by atoms with Gasteiger partial charge in [0.1, 0.15) is 0 Å². The van der Waals surface area contributed by atoms with Gasteiger partial charge in [-0.15, -0.1) is 5.10 Å². The van der Waals surface area contributed by atoms with E-state index in [0.717, 1.165) is 0 Å². The summed E-state index contributed by atoms with van der Waals surface area (Å²) in [5, 5.41) is 16.2. The Morgan fingerprint density at radius 3 is 2.50 bits per heavy atom. The lowest BCUT2D eigenvalue weighted by molar-refractivity contribution is -0.132. The van der Waals surface area contributed by atoms with Gasteiger partial charge in [-0.1, -0.05) is 11.8 Å². The van der Waals surface area contributed by atoms with Crippen LogP contribution in [0.3, 0.4) is 0 Å². The SMILES string of the molecule is C=C(C)C(=C(C)C(=O)O)n1ccnn1. The van der Waals surface area contributed by atoms with Crippen LogP contribution >= 0.6 is 0 Å². The third kappa shape index (κ3) is 1.87. The molecule has 0 unspecified atom stereocenters. The van der Waals surface area contributed by atoms with Gasteiger partial charge in [0.2, 0.25) is 0 Å². The van der Waals surface area contributed by atoms with Gasteiger partial charge in [-0.3, -0.25) is 0 Å². The fourth-order valence-corrected chi connectivity index (χ4v) is 1.12. The molecule has 1 heterocycles. The molecule has 0 aliphatic carbocycles. The molecule has 1 N–H and O–H groups in total. The maximum atomic E-state index is 10.8. The van der Waals surface area contributed by atoms with Gasteiger partial charge in [0.25, 0.3) is 0 Å². The zero-order valence-electron chi connectivity index (χ0n) is 8.06. The van der Waals surface area contributed by atoms with Gasteiger partial charge < -0.3 is 5.11 Å². The topological polar surface area (TPSA) is 68.0 Å². The Hall–Kier alpha value is -1.91. The van der Waals surface area contributed by atoms with E-state index >= 15 is 0 Å². The highest BCUT2D eigenvalue weighted by molar-refractivity contribution is 5.95. The van der Waals surface area contributed by atoms with Crippen LogP contribution in [-0.2, 0) is 4.79 Å². The van der Waals surface area contributed by atoms with Gasteiger partial charge >= 0.3 is 5.97 Å². The standard InChI is InChI=1S/C9H11N3O2/c1-6(2)8(7(3)9(13)14)12-5-4-10-11-12/h4-5H,1H2,2-3H3,(H,13,14). The molecule has 0 aliphatic rings. The molecule has 1 rings (SSSR count). The number of carboxylic acids is 1. The molecule has 5 heteroatoms. The van der Waals surface area contributed by atoms with E-state index in [-0.39, 0.29) is 5.57 Å². The van der Waals surface area contributed by atoms with Crippen LogP contribution in [0.1, 0.15) is 13.8 Å². The molecule has 1 aromatic rings. The molecule has 0 fully saturated rings. The molecule has 5 nitrogen and oxygen atoms in total. The zero-order valence-corrected chi connectivity index (χ0v) is 8.06. The maximum absolute atomic E-state index is 10.8.